The minimum absolute atomic E-state index is 0.00132. The first kappa shape index (κ1) is 24.4. The number of carbonyl (C=O) groups is 2. The summed E-state index contributed by atoms with van der Waals surface area (Å²) in [5.41, 5.74) is 2.74. The summed E-state index contributed by atoms with van der Waals surface area (Å²) in [6.45, 7) is 14.3. The number of esters is 2. The quantitative estimate of drug-likeness (QED) is 0.506. The highest BCUT2D eigenvalue weighted by atomic mass is 16.6. The van der Waals surface area contributed by atoms with Crippen LogP contribution in [0.1, 0.15) is 54.4 Å². The van der Waals surface area contributed by atoms with E-state index in [0.717, 1.165) is 23.1 Å². The van der Waals surface area contributed by atoms with Gasteiger partial charge in [-0.3, -0.25) is 9.59 Å². The van der Waals surface area contributed by atoms with E-state index >= 15 is 0 Å². The third kappa shape index (κ3) is 5.41. The first-order valence-electron chi connectivity index (χ1n) is 10.6. The van der Waals surface area contributed by atoms with Gasteiger partial charge in [0.2, 0.25) is 0 Å². The molecule has 2 N–H and O–H groups in total. The van der Waals surface area contributed by atoms with Crippen LogP contribution in [0, 0.1) is 23.7 Å². The highest BCUT2D eigenvalue weighted by Gasteiger charge is 2.48. The van der Waals surface area contributed by atoms with E-state index in [1.54, 1.807) is 6.08 Å². The molecule has 6 heteroatoms. The van der Waals surface area contributed by atoms with Crippen molar-refractivity contribution in [2.75, 3.05) is 0 Å². The molecule has 2 aliphatic rings. The molecule has 0 aliphatic heterocycles. The van der Waals surface area contributed by atoms with Gasteiger partial charge in [-0.15, -0.1) is 0 Å². The van der Waals surface area contributed by atoms with Gasteiger partial charge in [-0.2, -0.15) is 0 Å². The number of ether oxygens (including phenoxy) is 2. The van der Waals surface area contributed by atoms with Gasteiger partial charge in [0, 0.05) is 25.7 Å². The SMILES string of the molecule is C=C1[C@H](O)C[C@@H](C(C)C(OC(C)=O)C(C=C(C)C)OC(C)=O)[C@@H](O)[C@@H]2C(C)=CC[C@@H]12. The van der Waals surface area contributed by atoms with Crippen LogP contribution in [0.5, 0.6) is 0 Å². The average Bonchev–Trinajstić information content (AvgIpc) is 2.98. The van der Waals surface area contributed by atoms with Crippen molar-refractivity contribution in [2.45, 2.75) is 78.8 Å². The number of aliphatic hydroxyl groups excluding tert-OH is 2. The molecule has 0 amide bonds. The Labute approximate surface area is 179 Å². The summed E-state index contributed by atoms with van der Waals surface area (Å²) in [7, 11) is 0. The first-order valence-corrected chi connectivity index (χ1v) is 10.6. The van der Waals surface area contributed by atoms with E-state index in [0.29, 0.717) is 6.42 Å². The molecule has 2 aliphatic carbocycles. The Kier molecular flexibility index (Phi) is 8.06. The smallest absolute Gasteiger partial charge is 0.303 e. The number of rotatable bonds is 6. The predicted molar refractivity (Wildman–Crippen MR) is 114 cm³/mol. The van der Waals surface area contributed by atoms with Crippen LogP contribution in [0.4, 0.5) is 0 Å². The van der Waals surface area contributed by atoms with Crippen molar-refractivity contribution in [2.24, 2.45) is 23.7 Å². The Hall–Kier alpha value is -1.92. The highest BCUT2D eigenvalue weighted by Crippen LogP contribution is 2.47. The van der Waals surface area contributed by atoms with Gasteiger partial charge in [-0.05, 0) is 57.1 Å². The minimum atomic E-state index is -0.788. The lowest BCUT2D eigenvalue weighted by Crippen LogP contribution is -2.45. The van der Waals surface area contributed by atoms with Crippen LogP contribution in [0.3, 0.4) is 0 Å². The van der Waals surface area contributed by atoms with Gasteiger partial charge in [0.15, 0.2) is 6.10 Å². The Morgan fingerprint density at radius 3 is 2.30 bits per heavy atom. The van der Waals surface area contributed by atoms with Crippen molar-refractivity contribution in [3.63, 3.8) is 0 Å². The second-order valence-corrected chi connectivity index (χ2v) is 9.05. The monoisotopic (exact) mass is 420 g/mol. The van der Waals surface area contributed by atoms with Crippen molar-refractivity contribution < 1.29 is 29.3 Å². The first-order chi connectivity index (χ1) is 13.9. The largest absolute Gasteiger partial charge is 0.458 e. The predicted octanol–water partition coefficient (Wildman–Crippen LogP) is 3.33. The molecule has 0 aromatic rings. The number of hydrogen-bond donors (Lipinski definition) is 2. The Bertz CT molecular complexity index is 732. The normalized spacial score (nSPS) is 31.5. The molecule has 0 bridgehead atoms. The molecule has 0 heterocycles. The third-order valence-corrected chi connectivity index (χ3v) is 6.48. The molecule has 0 saturated heterocycles. The fourth-order valence-corrected chi connectivity index (χ4v) is 5.01. The van der Waals surface area contributed by atoms with E-state index in [1.807, 2.05) is 27.7 Å². The number of fused-ring (bicyclic) bond motifs is 1. The van der Waals surface area contributed by atoms with E-state index in [1.165, 1.54) is 13.8 Å². The molecule has 2 rings (SSSR count). The second-order valence-electron chi connectivity index (χ2n) is 9.05. The Morgan fingerprint density at radius 1 is 1.17 bits per heavy atom. The summed E-state index contributed by atoms with van der Waals surface area (Å²) < 4.78 is 11.1. The summed E-state index contributed by atoms with van der Waals surface area (Å²) >= 11 is 0. The molecule has 1 saturated carbocycles. The van der Waals surface area contributed by atoms with Crippen LogP contribution in [0.25, 0.3) is 0 Å². The lowest BCUT2D eigenvalue weighted by atomic mass is 9.75. The van der Waals surface area contributed by atoms with Crippen molar-refractivity contribution in [3.8, 4) is 0 Å². The van der Waals surface area contributed by atoms with E-state index in [-0.39, 0.29) is 23.7 Å². The van der Waals surface area contributed by atoms with E-state index in [4.69, 9.17) is 9.47 Å². The maximum absolute atomic E-state index is 11.9. The van der Waals surface area contributed by atoms with Crippen molar-refractivity contribution in [1.82, 2.24) is 0 Å². The van der Waals surface area contributed by atoms with Gasteiger partial charge >= 0.3 is 11.9 Å². The summed E-state index contributed by atoms with van der Waals surface area (Å²) in [6.07, 6.45) is 1.86. The van der Waals surface area contributed by atoms with Gasteiger partial charge < -0.3 is 19.7 Å². The molecule has 0 aromatic heterocycles. The Balaban J connectivity index is 2.43. The highest BCUT2D eigenvalue weighted by molar-refractivity contribution is 5.67. The van der Waals surface area contributed by atoms with Crippen LogP contribution in [0.2, 0.25) is 0 Å². The molecule has 0 radical (unpaired) electrons. The van der Waals surface area contributed by atoms with Gasteiger partial charge in [0.25, 0.3) is 0 Å². The molecule has 1 fully saturated rings. The lowest BCUT2D eigenvalue weighted by molar-refractivity contribution is -0.169. The van der Waals surface area contributed by atoms with Gasteiger partial charge in [-0.1, -0.05) is 30.7 Å². The standard InChI is InChI=1S/C24H36O6/c1-12(2)10-21(29-16(6)25)24(30-17(7)26)15(5)19-11-20(27)14(4)18-9-8-13(3)22(18)23(19)28/h8,10,15,18-24,27-28H,4,9,11H2,1-3,5-7H3/t15?,18-,19-,20+,21?,22+,23+,24?/m0/s1. The summed E-state index contributed by atoms with van der Waals surface area (Å²) in [5, 5.41) is 22.1. The molecule has 30 heavy (non-hydrogen) atoms. The maximum Gasteiger partial charge on any atom is 0.303 e. The third-order valence-electron chi connectivity index (χ3n) is 6.48. The zero-order chi connectivity index (χ0) is 22.7. The summed E-state index contributed by atoms with van der Waals surface area (Å²) in [4.78, 5) is 23.6. The summed E-state index contributed by atoms with van der Waals surface area (Å²) in [5.74, 6) is -1.85. The van der Waals surface area contributed by atoms with Crippen LogP contribution in [0.15, 0.2) is 35.5 Å². The van der Waals surface area contributed by atoms with Crippen molar-refractivity contribution >= 4 is 11.9 Å². The number of allylic oxidation sites excluding steroid dienone is 2. The van der Waals surface area contributed by atoms with Crippen molar-refractivity contribution in [3.05, 3.63) is 35.5 Å². The van der Waals surface area contributed by atoms with Crippen LogP contribution >= 0.6 is 0 Å². The lowest BCUT2D eigenvalue weighted by Gasteiger charge is -2.38. The molecule has 0 spiro atoms. The molecular formula is C24H36O6. The van der Waals surface area contributed by atoms with E-state index in [2.05, 4.69) is 12.7 Å². The molecular weight excluding hydrogens is 384 g/mol. The fourth-order valence-electron chi connectivity index (χ4n) is 5.01. The van der Waals surface area contributed by atoms with Gasteiger partial charge in [-0.25, -0.2) is 0 Å². The zero-order valence-corrected chi connectivity index (χ0v) is 18.9. The molecule has 3 unspecified atom stereocenters. The zero-order valence-electron chi connectivity index (χ0n) is 18.9. The minimum Gasteiger partial charge on any atom is -0.458 e. The van der Waals surface area contributed by atoms with E-state index < -0.39 is 36.4 Å². The number of aliphatic hydroxyl groups is 2. The molecule has 8 atom stereocenters. The topological polar surface area (TPSA) is 93.1 Å². The average molecular weight is 421 g/mol. The number of carbonyl (C=O) groups excluding carboxylic acids is 2. The second kappa shape index (κ2) is 9.92. The van der Waals surface area contributed by atoms with E-state index in [9.17, 15) is 19.8 Å². The molecule has 6 nitrogen and oxygen atoms in total. The molecule has 168 valence electrons. The van der Waals surface area contributed by atoms with Crippen molar-refractivity contribution in [1.29, 1.82) is 0 Å². The van der Waals surface area contributed by atoms with Gasteiger partial charge in [0.1, 0.15) is 6.10 Å². The van der Waals surface area contributed by atoms with Crippen LogP contribution < -0.4 is 0 Å². The van der Waals surface area contributed by atoms with Crippen LogP contribution in [-0.4, -0.2) is 46.6 Å². The molecule has 0 aromatic carbocycles. The fraction of sp³-hybridized carbons (Fsp3) is 0.667. The summed E-state index contributed by atoms with van der Waals surface area (Å²) in [6, 6.07) is 0. The van der Waals surface area contributed by atoms with Gasteiger partial charge in [0.05, 0.1) is 12.2 Å². The Morgan fingerprint density at radius 2 is 1.77 bits per heavy atom. The number of hydrogen-bond acceptors (Lipinski definition) is 6. The van der Waals surface area contributed by atoms with Crippen LogP contribution in [-0.2, 0) is 19.1 Å². The maximum atomic E-state index is 11.9.